The summed E-state index contributed by atoms with van der Waals surface area (Å²) in [5.41, 5.74) is 0. The van der Waals surface area contributed by atoms with Gasteiger partial charge >= 0.3 is 12.0 Å². The van der Waals surface area contributed by atoms with Crippen LogP contribution in [-0.4, -0.2) is 64.7 Å². The molecule has 6 nitrogen and oxygen atoms in total. The standard InChI is InChI=1S/C14H23N3O3/c18-13(19)6-9-17(10-3-4-10)14(20)15-11-5-8-16-7-1-2-12(11)16/h10-12H,1-9H2,(H,15,20)(H,18,19). The van der Waals surface area contributed by atoms with Crippen LogP contribution in [0.2, 0.25) is 0 Å². The molecule has 20 heavy (non-hydrogen) atoms. The van der Waals surface area contributed by atoms with Crippen molar-refractivity contribution in [2.45, 2.75) is 56.7 Å². The maximum Gasteiger partial charge on any atom is 0.317 e. The average Bonchev–Trinajstić information content (AvgIpc) is 2.99. The lowest BCUT2D eigenvalue weighted by molar-refractivity contribution is -0.137. The third-order valence-electron chi connectivity index (χ3n) is 4.73. The van der Waals surface area contributed by atoms with E-state index < -0.39 is 5.97 Å². The van der Waals surface area contributed by atoms with Crippen molar-refractivity contribution in [3.63, 3.8) is 0 Å². The van der Waals surface area contributed by atoms with Crippen molar-refractivity contribution >= 4 is 12.0 Å². The van der Waals surface area contributed by atoms with Crippen LogP contribution >= 0.6 is 0 Å². The number of fused-ring (bicyclic) bond motifs is 1. The normalized spacial score (nSPS) is 29.2. The van der Waals surface area contributed by atoms with Gasteiger partial charge in [-0.2, -0.15) is 0 Å². The largest absolute Gasteiger partial charge is 0.481 e. The van der Waals surface area contributed by atoms with Gasteiger partial charge in [0, 0.05) is 31.2 Å². The molecule has 1 aliphatic carbocycles. The first-order valence-corrected chi connectivity index (χ1v) is 7.68. The molecule has 0 spiro atoms. The number of carbonyl (C=O) groups excluding carboxylic acids is 1. The molecule has 2 N–H and O–H groups in total. The number of hydrogen-bond acceptors (Lipinski definition) is 3. The van der Waals surface area contributed by atoms with Crippen molar-refractivity contribution in [1.82, 2.24) is 15.1 Å². The van der Waals surface area contributed by atoms with Gasteiger partial charge in [0.05, 0.1) is 6.42 Å². The van der Waals surface area contributed by atoms with E-state index in [0.717, 1.165) is 32.4 Å². The number of nitrogens with one attached hydrogen (secondary N) is 1. The summed E-state index contributed by atoms with van der Waals surface area (Å²) < 4.78 is 0. The molecular formula is C14H23N3O3. The number of carboxylic acid groups (broad SMARTS) is 1. The zero-order valence-electron chi connectivity index (χ0n) is 11.8. The molecule has 3 aliphatic rings. The maximum absolute atomic E-state index is 12.4. The SMILES string of the molecule is O=C(O)CCN(C(=O)NC1CCN2CCCC12)C1CC1. The lowest BCUT2D eigenvalue weighted by atomic mass is 10.1. The van der Waals surface area contributed by atoms with E-state index in [1.807, 2.05) is 0 Å². The summed E-state index contributed by atoms with van der Waals surface area (Å²) in [4.78, 5) is 27.3. The number of carbonyl (C=O) groups is 2. The monoisotopic (exact) mass is 281 g/mol. The van der Waals surface area contributed by atoms with Crippen molar-refractivity contribution in [1.29, 1.82) is 0 Å². The van der Waals surface area contributed by atoms with Crippen LogP contribution in [0.3, 0.4) is 0 Å². The Balaban J connectivity index is 1.55. The summed E-state index contributed by atoms with van der Waals surface area (Å²) in [7, 11) is 0. The quantitative estimate of drug-likeness (QED) is 0.784. The zero-order chi connectivity index (χ0) is 14.1. The summed E-state index contributed by atoms with van der Waals surface area (Å²) in [5.74, 6) is -0.841. The van der Waals surface area contributed by atoms with Crippen LogP contribution in [0.5, 0.6) is 0 Å². The first-order chi connectivity index (χ1) is 9.65. The highest BCUT2D eigenvalue weighted by molar-refractivity contribution is 5.76. The minimum Gasteiger partial charge on any atom is -0.481 e. The van der Waals surface area contributed by atoms with E-state index in [2.05, 4.69) is 10.2 Å². The van der Waals surface area contributed by atoms with Gasteiger partial charge < -0.3 is 15.3 Å². The van der Waals surface area contributed by atoms with Gasteiger partial charge in [0.2, 0.25) is 0 Å². The fraction of sp³-hybridized carbons (Fsp3) is 0.857. The van der Waals surface area contributed by atoms with Gasteiger partial charge in [-0.05, 0) is 38.6 Å². The number of amides is 2. The second kappa shape index (κ2) is 5.60. The molecule has 2 amide bonds. The first kappa shape index (κ1) is 13.7. The fourth-order valence-electron chi connectivity index (χ4n) is 3.54. The Labute approximate surface area is 119 Å². The predicted molar refractivity (Wildman–Crippen MR) is 73.5 cm³/mol. The third kappa shape index (κ3) is 2.90. The first-order valence-electron chi connectivity index (χ1n) is 7.68. The lowest BCUT2D eigenvalue weighted by Crippen LogP contribution is -2.49. The van der Waals surface area contributed by atoms with Crippen LogP contribution < -0.4 is 5.32 Å². The number of rotatable bonds is 5. The number of carboxylic acids is 1. The summed E-state index contributed by atoms with van der Waals surface area (Å²) in [5, 5.41) is 11.9. The molecule has 2 aliphatic heterocycles. The highest BCUT2D eigenvalue weighted by Crippen LogP contribution is 2.30. The second-order valence-corrected chi connectivity index (χ2v) is 6.16. The lowest BCUT2D eigenvalue weighted by Gasteiger charge is -2.27. The molecule has 0 radical (unpaired) electrons. The fourth-order valence-corrected chi connectivity index (χ4v) is 3.54. The number of nitrogens with zero attached hydrogens (tertiary/aromatic N) is 2. The van der Waals surface area contributed by atoms with E-state index in [1.165, 1.54) is 12.8 Å². The molecule has 0 bridgehead atoms. The minimum absolute atomic E-state index is 0.0319. The maximum atomic E-state index is 12.4. The number of hydrogen-bond donors (Lipinski definition) is 2. The van der Waals surface area contributed by atoms with E-state index >= 15 is 0 Å². The Kier molecular flexibility index (Phi) is 3.83. The molecule has 112 valence electrons. The van der Waals surface area contributed by atoms with Gasteiger partial charge in [0.15, 0.2) is 0 Å². The van der Waals surface area contributed by atoms with Gasteiger partial charge in [0.25, 0.3) is 0 Å². The summed E-state index contributed by atoms with van der Waals surface area (Å²) in [6.45, 7) is 2.56. The van der Waals surface area contributed by atoms with Gasteiger partial charge in [-0.15, -0.1) is 0 Å². The Bertz CT molecular complexity index is 397. The molecule has 3 rings (SSSR count). The van der Waals surface area contributed by atoms with Crippen LogP contribution in [0.4, 0.5) is 4.79 Å². The van der Waals surface area contributed by atoms with Crippen molar-refractivity contribution in [2.24, 2.45) is 0 Å². The topological polar surface area (TPSA) is 72.9 Å². The predicted octanol–water partition coefficient (Wildman–Crippen LogP) is 0.872. The molecule has 2 atom stereocenters. The third-order valence-corrected chi connectivity index (χ3v) is 4.73. The van der Waals surface area contributed by atoms with Gasteiger partial charge in [0.1, 0.15) is 0 Å². The summed E-state index contributed by atoms with van der Waals surface area (Å²) in [6, 6.07) is 0.943. The Morgan fingerprint density at radius 2 is 2.00 bits per heavy atom. The zero-order valence-corrected chi connectivity index (χ0v) is 11.8. The molecular weight excluding hydrogens is 258 g/mol. The van der Waals surface area contributed by atoms with Crippen molar-refractivity contribution < 1.29 is 14.7 Å². The van der Waals surface area contributed by atoms with E-state index in [4.69, 9.17) is 5.11 Å². The van der Waals surface area contributed by atoms with Crippen LogP contribution in [-0.2, 0) is 4.79 Å². The van der Waals surface area contributed by atoms with E-state index in [-0.39, 0.29) is 24.5 Å². The minimum atomic E-state index is -0.841. The van der Waals surface area contributed by atoms with Gasteiger partial charge in [-0.1, -0.05) is 0 Å². The Hall–Kier alpha value is -1.30. The van der Waals surface area contributed by atoms with Gasteiger partial charge in [-0.3, -0.25) is 9.69 Å². The van der Waals surface area contributed by atoms with Crippen LogP contribution in [0.25, 0.3) is 0 Å². The average molecular weight is 281 g/mol. The molecule has 2 saturated heterocycles. The molecule has 6 heteroatoms. The van der Waals surface area contributed by atoms with E-state index in [1.54, 1.807) is 4.90 Å². The highest BCUT2D eigenvalue weighted by Gasteiger charge is 2.40. The molecule has 0 aromatic heterocycles. The smallest absolute Gasteiger partial charge is 0.317 e. The second-order valence-electron chi connectivity index (χ2n) is 6.16. The van der Waals surface area contributed by atoms with E-state index in [9.17, 15) is 9.59 Å². The van der Waals surface area contributed by atoms with Crippen LogP contribution in [0.1, 0.15) is 38.5 Å². The van der Waals surface area contributed by atoms with Crippen LogP contribution in [0.15, 0.2) is 0 Å². The summed E-state index contributed by atoms with van der Waals surface area (Å²) >= 11 is 0. The van der Waals surface area contributed by atoms with Crippen molar-refractivity contribution in [2.75, 3.05) is 19.6 Å². The molecule has 3 fully saturated rings. The summed E-state index contributed by atoms with van der Waals surface area (Å²) in [6.07, 6.45) is 5.46. The highest BCUT2D eigenvalue weighted by atomic mass is 16.4. The molecule has 1 saturated carbocycles. The number of urea groups is 1. The molecule has 2 heterocycles. The van der Waals surface area contributed by atoms with Crippen LogP contribution in [0, 0.1) is 0 Å². The van der Waals surface area contributed by atoms with E-state index in [0.29, 0.717) is 12.6 Å². The molecule has 2 unspecified atom stereocenters. The Morgan fingerprint density at radius 3 is 2.70 bits per heavy atom. The van der Waals surface area contributed by atoms with Gasteiger partial charge in [-0.25, -0.2) is 4.79 Å². The van der Waals surface area contributed by atoms with Crippen molar-refractivity contribution in [3.05, 3.63) is 0 Å². The number of aliphatic carboxylic acids is 1. The van der Waals surface area contributed by atoms with Crippen molar-refractivity contribution in [3.8, 4) is 0 Å². The Morgan fingerprint density at radius 1 is 1.20 bits per heavy atom. The molecule has 0 aromatic rings. The molecule has 0 aromatic carbocycles.